The normalized spacial score (nSPS) is 20.0. The number of amidine groups is 1. The summed E-state index contributed by atoms with van der Waals surface area (Å²) in [6, 6.07) is 10.6. The summed E-state index contributed by atoms with van der Waals surface area (Å²) in [7, 11) is 0. The Hall–Kier alpha value is -0.960. The van der Waals surface area contributed by atoms with E-state index < -0.39 is 0 Å². The minimum absolute atomic E-state index is 0.288. The van der Waals surface area contributed by atoms with Gasteiger partial charge in [0.1, 0.15) is 0 Å². The van der Waals surface area contributed by atoms with E-state index in [9.17, 15) is 0 Å². The SMILES string of the molecule is CCC1(CC)CSC(=NCCc2ccccc2)N1. The topological polar surface area (TPSA) is 24.4 Å². The van der Waals surface area contributed by atoms with Crippen molar-refractivity contribution in [3.8, 4) is 0 Å². The summed E-state index contributed by atoms with van der Waals surface area (Å²) in [5.74, 6) is 1.16. The maximum atomic E-state index is 4.68. The molecule has 1 aliphatic heterocycles. The standard InChI is InChI=1S/C15H22N2S/c1-3-15(4-2)12-18-14(17-15)16-11-10-13-8-6-5-7-9-13/h5-9H,3-4,10-12H2,1-2H3,(H,16,17). The van der Waals surface area contributed by atoms with Crippen molar-refractivity contribution >= 4 is 16.9 Å². The maximum absolute atomic E-state index is 4.68. The molecule has 1 fully saturated rings. The van der Waals surface area contributed by atoms with E-state index in [-0.39, 0.29) is 5.54 Å². The fraction of sp³-hybridized carbons (Fsp3) is 0.533. The van der Waals surface area contributed by atoms with Crippen LogP contribution in [-0.2, 0) is 6.42 Å². The van der Waals surface area contributed by atoms with Gasteiger partial charge in [0.15, 0.2) is 5.17 Å². The predicted molar refractivity (Wildman–Crippen MR) is 81.4 cm³/mol. The Balaban J connectivity index is 1.85. The summed E-state index contributed by atoms with van der Waals surface area (Å²) >= 11 is 1.87. The first kappa shape index (κ1) is 13.5. The lowest BCUT2D eigenvalue weighted by molar-refractivity contribution is 0.407. The molecule has 0 atom stereocenters. The van der Waals surface area contributed by atoms with Crippen LogP contribution in [0.5, 0.6) is 0 Å². The molecule has 0 radical (unpaired) electrons. The van der Waals surface area contributed by atoms with Crippen molar-refractivity contribution in [2.45, 2.75) is 38.6 Å². The number of thioether (sulfide) groups is 1. The number of hydrogen-bond acceptors (Lipinski definition) is 2. The molecule has 0 saturated carbocycles. The van der Waals surface area contributed by atoms with Gasteiger partial charge in [-0.2, -0.15) is 0 Å². The lowest BCUT2D eigenvalue weighted by atomic mass is 9.96. The van der Waals surface area contributed by atoms with E-state index in [0.717, 1.165) is 23.9 Å². The molecule has 2 rings (SSSR count). The quantitative estimate of drug-likeness (QED) is 0.878. The third kappa shape index (κ3) is 3.29. The van der Waals surface area contributed by atoms with E-state index in [1.54, 1.807) is 0 Å². The van der Waals surface area contributed by atoms with Crippen LogP contribution in [0, 0.1) is 0 Å². The summed E-state index contributed by atoms with van der Waals surface area (Å²) in [6.07, 6.45) is 3.38. The van der Waals surface area contributed by atoms with Crippen molar-refractivity contribution in [1.82, 2.24) is 5.32 Å². The Kier molecular flexibility index (Phi) is 4.70. The molecule has 0 amide bonds. The molecule has 1 aromatic carbocycles. The van der Waals surface area contributed by atoms with Gasteiger partial charge >= 0.3 is 0 Å². The Bertz CT molecular complexity index is 396. The van der Waals surface area contributed by atoms with Crippen LogP contribution < -0.4 is 5.32 Å². The van der Waals surface area contributed by atoms with Gasteiger partial charge in [-0.05, 0) is 24.8 Å². The van der Waals surface area contributed by atoms with Crippen molar-refractivity contribution in [1.29, 1.82) is 0 Å². The molecule has 18 heavy (non-hydrogen) atoms. The van der Waals surface area contributed by atoms with Gasteiger partial charge in [0.25, 0.3) is 0 Å². The summed E-state index contributed by atoms with van der Waals surface area (Å²) in [4.78, 5) is 4.68. The van der Waals surface area contributed by atoms with Crippen molar-refractivity contribution in [3.05, 3.63) is 35.9 Å². The lowest BCUT2D eigenvalue weighted by Gasteiger charge is -2.25. The van der Waals surface area contributed by atoms with Crippen LogP contribution in [0.1, 0.15) is 32.3 Å². The molecule has 2 nitrogen and oxygen atoms in total. The highest BCUT2D eigenvalue weighted by Gasteiger charge is 2.33. The average Bonchev–Trinajstić information content (AvgIpc) is 2.84. The first-order chi connectivity index (χ1) is 8.78. The summed E-state index contributed by atoms with van der Waals surface area (Å²) in [6.45, 7) is 5.39. The number of nitrogens with one attached hydrogen (secondary N) is 1. The summed E-state index contributed by atoms with van der Waals surface area (Å²) in [5.41, 5.74) is 1.65. The van der Waals surface area contributed by atoms with Gasteiger partial charge in [-0.25, -0.2) is 0 Å². The van der Waals surface area contributed by atoms with Gasteiger partial charge in [0.05, 0.1) is 0 Å². The number of nitrogens with zero attached hydrogens (tertiary/aromatic N) is 1. The lowest BCUT2D eigenvalue weighted by Crippen LogP contribution is -2.42. The van der Waals surface area contributed by atoms with Gasteiger partial charge in [-0.1, -0.05) is 55.9 Å². The van der Waals surface area contributed by atoms with Crippen LogP contribution in [0.25, 0.3) is 0 Å². The second kappa shape index (κ2) is 6.28. The maximum Gasteiger partial charge on any atom is 0.157 e. The molecule has 3 heteroatoms. The average molecular weight is 262 g/mol. The molecule has 1 aromatic rings. The first-order valence-corrected chi connectivity index (χ1v) is 7.76. The third-order valence-electron chi connectivity index (χ3n) is 3.71. The molecule has 0 unspecified atom stereocenters. The number of benzene rings is 1. The molecule has 0 bridgehead atoms. The monoisotopic (exact) mass is 262 g/mol. The fourth-order valence-electron chi connectivity index (χ4n) is 2.15. The van der Waals surface area contributed by atoms with Crippen LogP contribution in [-0.4, -0.2) is 23.0 Å². The minimum atomic E-state index is 0.288. The molecule has 0 aliphatic carbocycles. The Morgan fingerprint density at radius 1 is 1.22 bits per heavy atom. The van der Waals surface area contributed by atoms with Gasteiger partial charge in [0.2, 0.25) is 0 Å². The number of rotatable bonds is 5. The highest BCUT2D eigenvalue weighted by atomic mass is 32.2. The molecule has 1 aliphatic rings. The Morgan fingerprint density at radius 2 is 1.94 bits per heavy atom. The van der Waals surface area contributed by atoms with E-state index in [1.807, 2.05) is 11.8 Å². The predicted octanol–water partition coefficient (Wildman–Crippen LogP) is 3.48. The molecular formula is C15H22N2S. The molecule has 0 spiro atoms. The summed E-state index contributed by atoms with van der Waals surface area (Å²) in [5, 5.41) is 4.74. The molecule has 98 valence electrons. The second-order valence-corrected chi connectivity index (χ2v) is 5.79. The van der Waals surface area contributed by atoms with Gasteiger partial charge in [0, 0.05) is 17.8 Å². The zero-order chi connectivity index (χ0) is 12.8. The van der Waals surface area contributed by atoms with Crippen molar-refractivity contribution in [2.24, 2.45) is 4.99 Å². The van der Waals surface area contributed by atoms with Crippen LogP contribution in [0.15, 0.2) is 35.3 Å². The van der Waals surface area contributed by atoms with E-state index in [0.29, 0.717) is 0 Å². The molecule has 1 saturated heterocycles. The van der Waals surface area contributed by atoms with Gasteiger partial charge in [-0.15, -0.1) is 0 Å². The zero-order valence-electron chi connectivity index (χ0n) is 11.3. The summed E-state index contributed by atoms with van der Waals surface area (Å²) < 4.78 is 0. The smallest absolute Gasteiger partial charge is 0.157 e. The van der Waals surface area contributed by atoms with Crippen LogP contribution >= 0.6 is 11.8 Å². The Labute approximate surface area is 114 Å². The third-order valence-corrected chi connectivity index (χ3v) is 4.91. The van der Waals surface area contributed by atoms with Crippen LogP contribution in [0.4, 0.5) is 0 Å². The fourth-order valence-corrected chi connectivity index (χ4v) is 3.52. The van der Waals surface area contributed by atoms with Crippen LogP contribution in [0.2, 0.25) is 0 Å². The van der Waals surface area contributed by atoms with E-state index in [1.165, 1.54) is 18.4 Å². The Morgan fingerprint density at radius 3 is 2.56 bits per heavy atom. The van der Waals surface area contributed by atoms with Gasteiger partial charge < -0.3 is 5.32 Å². The first-order valence-electron chi connectivity index (χ1n) is 6.77. The highest BCUT2D eigenvalue weighted by Crippen LogP contribution is 2.28. The molecule has 1 heterocycles. The van der Waals surface area contributed by atoms with Crippen molar-refractivity contribution < 1.29 is 0 Å². The second-order valence-electron chi connectivity index (χ2n) is 4.82. The molecule has 1 N–H and O–H groups in total. The molecular weight excluding hydrogens is 240 g/mol. The highest BCUT2D eigenvalue weighted by molar-refractivity contribution is 8.14. The largest absolute Gasteiger partial charge is 0.359 e. The van der Waals surface area contributed by atoms with Crippen LogP contribution in [0.3, 0.4) is 0 Å². The van der Waals surface area contributed by atoms with E-state index in [4.69, 9.17) is 0 Å². The minimum Gasteiger partial charge on any atom is -0.359 e. The number of aliphatic imine (C=N–C) groups is 1. The molecule has 0 aromatic heterocycles. The van der Waals surface area contributed by atoms with Crippen molar-refractivity contribution in [2.75, 3.05) is 12.3 Å². The van der Waals surface area contributed by atoms with E-state index >= 15 is 0 Å². The van der Waals surface area contributed by atoms with Gasteiger partial charge in [-0.3, -0.25) is 4.99 Å². The zero-order valence-corrected chi connectivity index (χ0v) is 12.1. The van der Waals surface area contributed by atoms with E-state index in [2.05, 4.69) is 54.5 Å². The van der Waals surface area contributed by atoms with Crippen molar-refractivity contribution in [3.63, 3.8) is 0 Å². The number of hydrogen-bond donors (Lipinski definition) is 1.